The summed E-state index contributed by atoms with van der Waals surface area (Å²) in [5.41, 5.74) is 9.26. The molecule has 96 valence electrons. The number of nitrogens with two attached hydrogens (primary N) is 1. The summed E-state index contributed by atoms with van der Waals surface area (Å²) in [4.78, 5) is 0. The van der Waals surface area contributed by atoms with Gasteiger partial charge in [-0.1, -0.05) is 63.8 Å². The van der Waals surface area contributed by atoms with Crippen molar-refractivity contribution in [2.24, 2.45) is 5.73 Å². The Morgan fingerprint density at radius 2 is 1.53 bits per heavy atom. The Kier molecular flexibility index (Phi) is 5.70. The lowest BCUT2D eigenvalue weighted by atomic mass is 9.80. The van der Waals surface area contributed by atoms with E-state index in [0.717, 1.165) is 12.8 Å². The molecule has 0 radical (unpaired) electrons. The Bertz CT molecular complexity index is 322. The fourth-order valence-electron chi connectivity index (χ4n) is 2.51. The summed E-state index contributed by atoms with van der Waals surface area (Å²) in [6.07, 6.45) is 7.08. The molecule has 0 atom stereocenters. The lowest BCUT2D eigenvalue weighted by Crippen LogP contribution is -2.37. The summed E-state index contributed by atoms with van der Waals surface area (Å²) >= 11 is 0. The predicted molar refractivity (Wildman–Crippen MR) is 76.1 cm³/mol. The number of benzene rings is 1. The Morgan fingerprint density at radius 1 is 1.00 bits per heavy atom. The van der Waals surface area contributed by atoms with E-state index in [0.29, 0.717) is 0 Å². The minimum atomic E-state index is -0.114. The molecule has 0 aliphatic heterocycles. The maximum absolute atomic E-state index is 6.69. The number of hydrogen-bond donors (Lipinski definition) is 1. The summed E-state index contributed by atoms with van der Waals surface area (Å²) in [7, 11) is 0. The zero-order chi connectivity index (χ0) is 12.7. The van der Waals surface area contributed by atoms with Crippen molar-refractivity contribution in [2.75, 3.05) is 0 Å². The van der Waals surface area contributed by atoms with Gasteiger partial charge in [-0.05, 0) is 30.9 Å². The summed E-state index contributed by atoms with van der Waals surface area (Å²) in [6, 6.07) is 8.59. The van der Waals surface area contributed by atoms with Gasteiger partial charge in [-0.25, -0.2) is 0 Å². The van der Waals surface area contributed by atoms with Crippen molar-refractivity contribution in [3.63, 3.8) is 0 Å². The van der Waals surface area contributed by atoms with Gasteiger partial charge < -0.3 is 5.73 Å². The topological polar surface area (TPSA) is 26.0 Å². The molecule has 0 fully saturated rings. The zero-order valence-corrected chi connectivity index (χ0v) is 11.6. The van der Waals surface area contributed by atoms with E-state index in [4.69, 9.17) is 5.73 Å². The molecular weight excluding hydrogens is 206 g/mol. The molecule has 1 heteroatoms. The average Bonchev–Trinajstić information content (AvgIpc) is 2.34. The first-order chi connectivity index (χ1) is 8.14. The lowest BCUT2D eigenvalue weighted by molar-refractivity contribution is 0.352. The van der Waals surface area contributed by atoms with Crippen LogP contribution in [0.4, 0.5) is 0 Å². The average molecular weight is 233 g/mol. The molecule has 1 aromatic carbocycles. The number of hydrogen-bond acceptors (Lipinski definition) is 1. The molecule has 1 nitrogen and oxygen atoms in total. The molecule has 0 saturated heterocycles. The largest absolute Gasteiger partial charge is 0.321 e. The fraction of sp³-hybridized carbons (Fsp3) is 0.625. The quantitative estimate of drug-likeness (QED) is 0.735. The maximum Gasteiger partial charge on any atom is 0.0412 e. The standard InChI is InChI=1S/C16H27N/c1-4-6-12-16(17,13-7-5-2)15-11-9-8-10-14(15)3/h8-11H,4-7,12-13,17H2,1-3H3. The highest BCUT2D eigenvalue weighted by Gasteiger charge is 2.27. The van der Waals surface area contributed by atoms with Gasteiger partial charge in [0.2, 0.25) is 0 Å². The van der Waals surface area contributed by atoms with Crippen LogP contribution in [0.25, 0.3) is 0 Å². The third kappa shape index (κ3) is 3.85. The molecule has 17 heavy (non-hydrogen) atoms. The first-order valence-electron chi connectivity index (χ1n) is 6.99. The highest BCUT2D eigenvalue weighted by Crippen LogP contribution is 2.32. The smallest absolute Gasteiger partial charge is 0.0412 e. The minimum absolute atomic E-state index is 0.114. The Balaban J connectivity index is 2.92. The molecule has 0 unspecified atom stereocenters. The molecule has 0 amide bonds. The van der Waals surface area contributed by atoms with Crippen LogP contribution < -0.4 is 5.73 Å². The van der Waals surface area contributed by atoms with Crippen molar-refractivity contribution in [3.8, 4) is 0 Å². The number of aryl methyl sites for hydroxylation is 1. The van der Waals surface area contributed by atoms with Crippen molar-refractivity contribution < 1.29 is 0 Å². The van der Waals surface area contributed by atoms with Gasteiger partial charge in [0, 0.05) is 5.54 Å². The van der Waals surface area contributed by atoms with E-state index in [1.165, 1.54) is 36.8 Å². The summed E-state index contributed by atoms with van der Waals surface area (Å²) in [6.45, 7) is 6.64. The van der Waals surface area contributed by atoms with Crippen LogP contribution in [0.5, 0.6) is 0 Å². The maximum atomic E-state index is 6.69. The van der Waals surface area contributed by atoms with Gasteiger partial charge in [0.1, 0.15) is 0 Å². The number of rotatable bonds is 7. The summed E-state index contributed by atoms with van der Waals surface area (Å²) in [5.74, 6) is 0. The first kappa shape index (κ1) is 14.2. The van der Waals surface area contributed by atoms with E-state index in [9.17, 15) is 0 Å². The summed E-state index contributed by atoms with van der Waals surface area (Å²) in [5, 5.41) is 0. The summed E-state index contributed by atoms with van der Waals surface area (Å²) < 4.78 is 0. The molecule has 0 saturated carbocycles. The molecule has 0 aliphatic carbocycles. The third-order valence-corrected chi connectivity index (χ3v) is 3.63. The van der Waals surface area contributed by atoms with Gasteiger partial charge in [0.05, 0.1) is 0 Å². The van der Waals surface area contributed by atoms with Gasteiger partial charge in [-0.15, -0.1) is 0 Å². The second-order valence-electron chi connectivity index (χ2n) is 5.18. The first-order valence-corrected chi connectivity index (χ1v) is 6.99. The molecule has 0 spiro atoms. The van der Waals surface area contributed by atoms with E-state index in [1.54, 1.807) is 0 Å². The Labute approximate surface area is 106 Å². The minimum Gasteiger partial charge on any atom is -0.321 e. The SMILES string of the molecule is CCCCC(N)(CCCC)c1ccccc1C. The molecular formula is C16H27N. The highest BCUT2D eigenvalue weighted by molar-refractivity contribution is 5.32. The highest BCUT2D eigenvalue weighted by atomic mass is 14.7. The normalized spacial score (nSPS) is 11.8. The second kappa shape index (κ2) is 6.80. The lowest BCUT2D eigenvalue weighted by Gasteiger charge is -2.31. The van der Waals surface area contributed by atoms with Crippen molar-refractivity contribution in [3.05, 3.63) is 35.4 Å². The van der Waals surface area contributed by atoms with Gasteiger partial charge >= 0.3 is 0 Å². The van der Waals surface area contributed by atoms with Crippen molar-refractivity contribution >= 4 is 0 Å². The van der Waals surface area contributed by atoms with Crippen LogP contribution in [0.15, 0.2) is 24.3 Å². The van der Waals surface area contributed by atoms with Gasteiger partial charge in [0.25, 0.3) is 0 Å². The van der Waals surface area contributed by atoms with Crippen molar-refractivity contribution in [1.29, 1.82) is 0 Å². The van der Waals surface area contributed by atoms with E-state index >= 15 is 0 Å². The predicted octanol–water partition coefficient (Wildman–Crippen LogP) is 4.53. The van der Waals surface area contributed by atoms with Gasteiger partial charge in [-0.2, -0.15) is 0 Å². The molecule has 0 heterocycles. The zero-order valence-electron chi connectivity index (χ0n) is 11.6. The van der Waals surface area contributed by atoms with Gasteiger partial charge in [0.15, 0.2) is 0 Å². The van der Waals surface area contributed by atoms with E-state index in [2.05, 4.69) is 45.0 Å². The molecule has 2 N–H and O–H groups in total. The van der Waals surface area contributed by atoms with Crippen LogP contribution in [-0.2, 0) is 5.54 Å². The number of unbranched alkanes of at least 4 members (excludes halogenated alkanes) is 2. The monoisotopic (exact) mass is 233 g/mol. The van der Waals surface area contributed by atoms with Crippen LogP contribution in [0, 0.1) is 6.92 Å². The van der Waals surface area contributed by atoms with Gasteiger partial charge in [-0.3, -0.25) is 0 Å². The van der Waals surface area contributed by atoms with E-state index < -0.39 is 0 Å². The van der Waals surface area contributed by atoms with Crippen LogP contribution in [-0.4, -0.2) is 0 Å². The molecule has 1 rings (SSSR count). The third-order valence-electron chi connectivity index (χ3n) is 3.63. The Morgan fingerprint density at radius 3 is 2.00 bits per heavy atom. The second-order valence-corrected chi connectivity index (χ2v) is 5.18. The molecule has 0 aliphatic rings. The van der Waals surface area contributed by atoms with E-state index in [1.807, 2.05) is 0 Å². The Hall–Kier alpha value is -0.820. The fourth-order valence-corrected chi connectivity index (χ4v) is 2.51. The molecule has 1 aromatic rings. The van der Waals surface area contributed by atoms with Crippen LogP contribution >= 0.6 is 0 Å². The van der Waals surface area contributed by atoms with Crippen LogP contribution in [0.3, 0.4) is 0 Å². The van der Waals surface area contributed by atoms with Crippen LogP contribution in [0.2, 0.25) is 0 Å². The van der Waals surface area contributed by atoms with Crippen molar-refractivity contribution in [1.82, 2.24) is 0 Å². The molecule has 0 aromatic heterocycles. The van der Waals surface area contributed by atoms with E-state index in [-0.39, 0.29) is 5.54 Å². The van der Waals surface area contributed by atoms with Crippen LogP contribution in [0.1, 0.15) is 63.5 Å². The molecule has 0 bridgehead atoms. The van der Waals surface area contributed by atoms with Crippen molar-refractivity contribution in [2.45, 2.75) is 64.8 Å².